The summed E-state index contributed by atoms with van der Waals surface area (Å²) in [5.41, 5.74) is 3.49. The predicted molar refractivity (Wildman–Crippen MR) is 94.2 cm³/mol. The number of carbonyl (C=O) groups excluding carboxylic acids is 1. The van der Waals surface area contributed by atoms with Gasteiger partial charge in [0.05, 0.1) is 5.69 Å². The van der Waals surface area contributed by atoms with Crippen LogP contribution in [0, 0.1) is 0 Å². The Labute approximate surface area is 138 Å². The molecule has 4 heteroatoms. The molecule has 0 saturated heterocycles. The van der Waals surface area contributed by atoms with E-state index in [9.17, 15) is 4.79 Å². The van der Waals surface area contributed by atoms with E-state index in [0.29, 0.717) is 12.2 Å². The fraction of sp³-hybridized carbons (Fsp3) is 0.500. The molecule has 1 aromatic heterocycles. The molecule has 1 heterocycles. The zero-order valence-corrected chi connectivity index (χ0v) is 14.3. The first kappa shape index (κ1) is 17.0. The highest BCUT2D eigenvalue weighted by Crippen LogP contribution is 2.32. The number of aryl methyl sites for hydroxylation is 1. The molecule has 0 saturated carbocycles. The van der Waals surface area contributed by atoms with Crippen molar-refractivity contribution < 1.29 is 4.79 Å². The van der Waals surface area contributed by atoms with Crippen LogP contribution < -0.4 is 0 Å². The molecule has 0 atom stereocenters. The van der Waals surface area contributed by atoms with E-state index in [0.717, 1.165) is 44.7 Å². The first-order chi connectivity index (χ1) is 10.3. The Kier molecular flexibility index (Phi) is 5.65. The molecular weight excluding hydrogens is 296 g/mol. The van der Waals surface area contributed by atoms with Gasteiger partial charge in [-0.3, -0.25) is 4.79 Å². The number of fused-ring (bicyclic) bond motifs is 3. The van der Waals surface area contributed by atoms with Gasteiger partial charge in [0.15, 0.2) is 5.78 Å². The fourth-order valence-electron chi connectivity index (χ4n) is 3.50. The summed E-state index contributed by atoms with van der Waals surface area (Å²) < 4.78 is 2.27. The van der Waals surface area contributed by atoms with E-state index < -0.39 is 0 Å². The van der Waals surface area contributed by atoms with Crippen molar-refractivity contribution >= 4 is 29.1 Å². The minimum Gasteiger partial charge on any atom is -0.337 e. The summed E-state index contributed by atoms with van der Waals surface area (Å²) in [6.07, 6.45) is 2.74. The third-order valence-corrected chi connectivity index (χ3v) is 4.70. The summed E-state index contributed by atoms with van der Waals surface area (Å²) in [4.78, 5) is 14.8. The molecule has 3 nitrogen and oxygen atoms in total. The second-order valence-corrected chi connectivity index (χ2v) is 5.80. The summed E-state index contributed by atoms with van der Waals surface area (Å²) in [5, 5.41) is 1.28. The molecule has 1 aliphatic carbocycles. The lowest BCUT2D eigenvalue weighted by molar-refractivity contribution is 0.0962. The van der Waals surface area contributed by atoms with Gasteiger partial charge in [-0.25, -0.2) is 0 Å². The van der Waals surface area contributed by atoms with Crippen molar-refractivity contribution in [3.05, 3.63) is 35.5 Å². The lowest BCUT2D eigenvalue weighted by Crippen LogP contribution is -2.28. The van der Waals surface area contributed by atoms with Gasteiger partial charge in [0.25, 0.3) is 0 Å². The lowest BCUT2D eigenvalue weighted by Gasteiger charge is -2.20. The number of hydrogen-bond acceptors (Lipinski definition) is 2. The molecule has 0 fully saturated rings. The summed E-state index contributed by atoms with van der Waals surface area (Å²) in [6.45, 7) is 8.42. The summed E-state index contributed by atoms with van der Waals surface area (Å²) >= 11 is 0. The van der Waals surface area contributed by atoms with Crippen LogP contribution in [0.15, 0.2) is 24.3 Å². The van der Waals surface area contributed by atoms with Gasteiger partial charge in [-0.05, 0) is 37.6 Å². The molecule has 0 unspecified atom stereocenters. The number of carbonyl (C=O) groups is 1. The van der Waals surface area contributed by atoms with Crippen LogP contribution in [0.2, 0.25) is 0 Å². The maximum absolute atomic E-state index is 12.4. The Bertz CT molecular complexity index is 658. The van der Waals surface area contributed by atoms with E-state index in [1.807, 2.05) is 0 Å². The summed E-state index contributed by atoms with van der Waals surface area (Å²) in [7, 11) is 0. The highest BCUT2D eigenvalue weighted by Gasteiger charge is 2.25. The van der Waals surface area contributed by atoms with Gasteiger partial charge >= 0.3 is 0 Å². The van der Waals surface area contributed by atoms with E-state index in [4.69, 9.17) is 0 Å². The van der Waals surface area contributed by atoms with Gasteiger partial charge in [0.2, 0.25) is 0 Å². The van der Waals surface area contributed by atoms with Crippen LogP contribution in [0.1, 0.15) is 42.7 Å². The molecule has 0 aliphatic heterocycles. The minimum absolute atomic E-state index is 0. The Morgan fingerprint density at radius 2 is 1.86 bits per heavy atom. The molecule has 0 N–H and O–H groups in total. The Morgan fingerprint density at radius 1 is 1.14 bits per heavy atom. The van der Waals surface area contributed by atoms with Crippen LogP contribution in [-0.4, -0.2) is 34.9 Å². The van der Waals surface area contributed by atoms with Gasteiger partial charge in [-0.15, -0.1) is 12.4 Å². The van der Waals surface area contributed by atoms with Crippen molar-refractivity contribution in [3.63, 3.8) is 0 Å². The topological polar surface area (TPSA) is 25.2 Å². The molecular formula is C18H25ClN2O. The second kappa shape index (κ2) is 7.30. The molecule has 1 aromatic carbocycles. The highest BCUT2D eigenvalue weighted by atomic mass is 35.5. The van der Waals surface area contributed by atoms with Crippen LogP contribution >= 0.6 is 12.4 Å². The van der Waals surface area contributed by atoms with Gasteiger partial charge in [-0.2, -0.15) is 0 Å². The molecule has 3 rings (SSSR count). The summed E-state index contributed by atoms with van der Waals surface area (Å²) in [5.74, 6) is 0.326. The first-order valence-electron chi connectivity index (χ1n) is 8.11. The van der Waals surface area contributed by atoms with E-state index in [-0.39, 0.29) is 12.4 Å². The highest BCUT2D eigenvalue weighted by molar-refractivity contribution is 6.04. The monoisotopic (exact) mass is 320 g/mol. The molecule has 0 spiro atoms. The van der Waals surface area contributed by atoms with E-state index in [1.54, 1.807) is 0 Å². The van der Waals surface area contributed by atoms with Crippen molar-refractivity contribution in [2.45, 2.75) is 39.7 Å². The van der Waals surface area contributed by atoms with Crippen molar-refractivity contribution in [1.82, 2.24) is 9.47 Å². The quantitative estimate of drug-likeness (QED) is 0.834. The maximum Gasteiger partial charge on any atom is 0.179 e. The number of aromatic nitrogens is 1. The molecule has 0 bridgehead atoms. The van der Waals surface area contributed by atoms with E-state index in [2.05, 4.69) is 47.6 Å². The lowest BCUT2D eigenvalue weighted by atomic mass is 9.94. The predicted octanol–water partition coefficient (Wildman–Crippen LogP) is 3.92. The van der Waals surface area contributed by atoms with Gasteiger partial charge in [-0.1, -0.05) is 32.0 Å². The number of rotatable bonds is 5. The molecule has 0 amide bonds. The van der Waals surface area contributed by atoms with E-state index in [1.165, 1.54) is 16.5 Å². The standard InChI is InChI=1S/C18H24N2O.ClH/c1-3-19(4-2)12-13-20-16-10-6-5-8-14(16)15-9-7-11-17(21)18(15)20;/h5-6,8,10H,3-4,7,9,11-13H2,1-2H3;1H. The number of likely N-dealkylation sites (N-methyl/N-ethyl adjacent to an activating group) is 1. The van der Waals surface area contributed by atoms with Crippen LogP contribution in [0.25, 0.3) is 10.9 Å². The number of benzene rings is 1. The van der Waals surface area contributed by atoms with Gasteiger partial charge < -0.3 is 9.47 Å². The smallest absolute Gasteiger partial charge is 0.179 e. The fourth-order valence-corrected chi connectivity index (χ4v) is 3.50. The van der Waals surface area contributed by atoms with Gasteiger partial charge in [0.1, 0.15) is 0 Å². The van der Waals surface area contributed by atoms with Crippen molar-refractivity contribution in [2.24, 2.45) is 0 Å². The van der Waals surface area contributed by atoms with Crippen molar-refractivity contribution in [3.8, 4) is 0 Å². The number of ketones is 1. The Hall–Kier alpha value is -1.32. The van der Waals surface area contributed by atoms with Gasteiger partial charge in [0, 0.05) is 30.4 Å². The van der Waals surface area contributed by atoms with Crippen molar-refractivity contribution in [1.29, 1.82) is 0 Å². The number of Topliss-reactive ketones (excluding diaryl/α,β-unsaturated/α-hetero) is 1. The first-order valence-corrected chi connectivity index (χ1v) is 8.11. The third-order valence-electron chi connectivity index (χ3n) is 4.70. The van der Waals surface area contributed by atoms with Crippen molar-refractivity contribution in [2.75, 3.05) is 19.6 Å². The zero-order valence-electron chi connectivity index (χ0n) is 13.5. The molecule has 120 valence electrons. The number of hydrogen-bond donors (Lipinski definition) is 0. The van der Waals surface area contributed by atoms with E-state index >= 15 is 0 Å². The minimum atomic E-state index is 0. The van der Waals surface area contributed by atoms with Crippen LogP contribution in [0.5, 0.6) is 0 Å². The maximum atomic E-state index is 12.4. The summed E-state index contributed by atoms with van der Waals surface area (Å²) in [6, 6.07) is 8.48. The molecule has 0 radical (unpaired) electrons. The molecule has 22 heavy (non-hydrogen) atoms. The number of para-hydroxylation sites is 1. The van der Waals surface area contributed by atoms with Crippen LogP contribution in [0.3, 0.4) is 0 Å². The second-order valence-electron chi connectivity index (χ2n) is 5.80. The zero-order chi connectivity index (χ0) is 14.8. The third kappa shape index (κ3) is 2.92. The molecule has 2 aromatic rings. The van der Waals surface area contributed by atoms with Crippen LogP contribution in [-0.2, 0) is 13.0 Å². The molecule has 1 aliphatic rings. The average molecular weight is 321 g/mol. The van der Waals surface area contributed by atoms with Crippen LogP contribution in [0.4, 0.5) is 0 Å². The Balaban J connectivity index is 0.00000176. The normalized spacial score (nSPS) is 14.2. The largest absolute Gasteiger partial charge is 0.337 e. The average Bonchev–Trinajstić information content (AvgIpc) is 2.84. The Morgan fingerprint density at radius 3 is 2.59 bits per heavy atom. The number of nitrogens with zero attached hydrogens (tertiary/aromatic N) is 2. The SMILES string of the molecule is CCN(CC)CCn1c2c(c3ccccc31)CCCC2=O.Cl. The number of halogens is 1.